The van der Waals surface area contributed by atoms with Crippen LogP contribution in [0.1, 0.15) is 64.2 Å². The van der Waals surface area contributed by atoms with E-state index in [2.05, 4.69) is 0 Å². The van der Waals surface area contributed by atoms with Crippen molar-refractivity contribution in [2.75, 3.05) is 0 Å². The summed E-state index contributed by atoms with van der Waals surface area (Å²) in [6, 6.07) is 0.902. The number of hydroxylamine groups is 2. The Labute approximate surface area is 121 Å². The number of nitrogens with one attached hydrogen (secondary N) is 1. The van der Waals surface area contributed by atoms with Crippen LogP contribution in [0.5, 0.6) is 0 Å². The van der Waals surface area contributed by atoms with Crippen molar-refractivity contribution in [3.05, 3.63) is 0 Å². The van der Waals surface area contributed by atoms with Crippen LogP contribution in [-0.2, 0) is 22.6 Å². The van der Waals surface area contributed by atoms with Crippen molar-refractivity contribution in [3.63, 3.8) is 0 Å². The van der Waals surface area contributed by atoms with Crippen molar-refractivity contribution in [1.82, 2.24) is 0 Å². The van der Waals surface area contributed by atoms with Crippen molar-refractivity contribution in [2.45, 2.75) is 76.3 Å². The minimum Gasteiger partial charge on any atom is -0.870 e. The molecule has 0 atom stereocenters. The van der Waals surface area contributed by atoms with Gasteiger partial charge in [0.1, 0.15) is 12.1 Å². The van der Waals surface area contributed by atoms with Gasteiger partial charge in [-0.05, 0) is 25.7 Å². The van der Waals surface area contributed by atoms with E-state index >= 15 is 0 Å². The molecular weight excluding hydrogens is 274 g/mol. The number of hydrogen-bond donors (Lipinski definition) is 1. The Morgan fingerprint density at radius 2 is 0.944 bits per heavy atom. The minimum atomic E-state index is 0. The Kier molecular flexibility index (Phi) is 16.1. The average Bonchev–Trinajstić information content (AvgIpc) is 2.30. The zero-order chi connectivity index (χ0) is 9.80. The van der Waals surface area contributed by atoms with E-state index in [1.807, 2.05) is 0 Å². The molecule has 109 valence electrons. The second-order valence-electron chi connectivity index (χ2n) is 5.07. The molecule has 0 heterocycles. The maximum absolute atomic E-state index is 12.2. The van der Waals surface area contributed by atoms with Crippen molar-refractivity contribution in [3.8, 4) is 0 Å². The fraction of sp³-hybridized carbons (Fsp3) is 1.00. The van der Waals surface area contributed by atoms with E-state index in [9.17, 15) is 5.21 Å². The van der Waals surface area contributed by atoms with Gasteiger partial charge in [0.15, 0.2) is 0 Å². The molecule has 0 aromatic rings. The number of quaternary nitrogens is 1. The van der Waals surface area contributed by atoms with E-state index in [1.54, 1.807) is 0 Å². The molecule has 6 heteroatoms. The first kappa shape index (κ1) is 23.4. The summed E-state index contributed by atoms with van der Waals surface area (Å²) in [5.74, 6) is 0. The first-order chi connectivity index (χ1) is 6.88. The predicted molar refractivity (Wildman–Crippen MR) is 64.6 cm³/mol. The van der Waals surface area contributed by atoms with Crippen LogP contribution >= 0.6 is 0 Å². The molecule has 0 amide bonds. The molecule has 1 radical (unpaired) electrons. The van der Waals surface area contributed by atoms with Gasteiger partial charge in [0.05, 0.1) is 0 Å². The molecule has 0 saturated heterocycles. The van der Waals surface area contributed by atoms with Crippen molar-refractivity contribution < 1.29 is 44.1 Å². The summed E-state index contributed by atoms with van der Waals surface area (Å²) in [4.78, 5) is 0. The quantitative estimate of drug-likeness (QED) is 0.713. The molecule has 2 rings (SSSR count). The molecule has 0 aliphatic heterocycles. The van der Waals surface area contributed by atoms with Crippen molar-refractivity contribution >= 4 is 0 Å². The smallest absolute Gasteiger partial charge is 0.870 e. The molecule has 0 bridgehead atoms. The van der Waals surface area contributed by atoms with Gasteiger partial charge in [0, 0.05) is 30.9 Å². The molecule has 0 spiro atoms. The molecule has 18 heavy (non-hydrogen) atoms. The summed E-state index contributed by atoms with van der Waals surface area (Å²) >= 11 is 0. The predicted octanol–water partition coefficient (Wildman–Crippen LogP) is 0.0535. The Hall–Kier alpha value is 0.332. The van der Waals surface area contributed by atoms with Crippen LogP contribution in [0.15, 0.2) is 0 Å². The zero-order valence-corrected chi connectivity index (χ0v) is 12.3. The summed E-state index contributed by atoms with van der Waals surface area (Å²) in [5.41, 5.74) is 0. The van der Waals surface area contributed by atoms with Gasteiger partial charge in [-0.2, -0.15) is 0 Å². The SMILES string of the molecule is O.O.[Cr+2].[OH-].[O][NH+](C1CCCCC1)C1CCCCC1. The molecule has 0 aromatic carbocycles. The normalized spacial score (nSPS) is 21.0. The molecule has 2 aliphatic carbocycles. The van der Waals surface area contributed by atoms with Gasteiger partial charge < -0.3 is 16.4 Å². The van der Waals surface area contributed by atoms with Gasteiger partial charge in [-0.3, -0.25) is 0 Å². The third-order valence-corrected chi connectivity index (χ3v) is 4.02. The summed E-state index contributed by atoms with van der Waals surface area (Å²) in [6.45, 7) is 0. The first-order valence-corrected chi connectivity index (χ1v) is 6.41. The monoisotopic (exact) mass is 302 g/mol. The van der Waals surface area contributed by atoms with E-state index in [0.29, 0.717) is 17.1 Å². The third kappa shape index (κ3) is 6.48. The van der Waals surface area contributed by atoms with E-state index in [4.69, 9.17) is 0 Å². The van der Waals surface area contributed by atoms with Gasteiger partial charge in [-0.1, -0.05) is 12.8 Å². The fourth-order valence-electron chi connectivity index (χ4n) is 3.11. The summed E-state index contributed by atoms with van der Waals surface area (Å²) < 4.78 is 0. The largest absolute Gasteiger partial charge is 2.00 e. The maximum atomic E-state index is 12.2. The van der Waals surface area contributed by atoms with E-state index in [0.717, 1.165) is 0 Å². The third-order valence-electron chi connectivity index (χ3n) is 4.02. The molecular formula is C12H28CrNO4+2. The first-order valence-electron chi connectivity index (χ1n) is 6.41. The van der Waals surface area contributed by atoms with E-state index < -0.39 is 0 Å². The van der Waals surface area contributed by atoms with Crippen molar-refractivity contribution in [1.29, 1.82) is 0 Å². The molecule has 6 N–H and O–H groups in total. The molecule has 2 aliphatic rings. The van der Waals surface area contributed by atoms with Gasteiger partial charge >= 0.3 is 17.4 Å². The number of hydrogen-bond acceptors (Lipinski definition) is 1. The van der Waals surface area contributed by atoms with Crippen LogP contribution in [0.4, 0.5) is 0 Å². The maximum Gasteiger partial charge on any atom is 2.00 e. The second kappa shape index (κ2) is 12.4. The Morgan fingerprint density at radius 1 is 0.667 bits per heavy atom. The molecule has 0 unspecified atom stereocenters. The Bertz CT molecular complexity index is 155. The summed E-state index contributed by atoms with van der Waals surface area (Å²) in [7, 11) is 0. The minimum absolute atomic E-state index is 0. The Morgan fingerprint density at radius 3 is 1.22 bits per heavy atom. The van der Waals surface area contributed by atoms with Crippen LogP contribution in [-0.4, -0.2) is 28.5 Å². The summed E-state index contributed by atoms with van der Waals surface area (Å²) in [5, 5.41) is 12.8. The number of rotatable bonds is 2. The molecule has 0 aromatic heterocycles. The second-order valence-corrected chi connectivity index (χ2v) is 5.07. The van der Waals surface area contributed by atoms with E-state index in [-0.39, 0.29) is 33.8 Å². The molecule has 2 saturated carbocycles. The van der Waals surface area contributed by atoms with E-state index in [1.165, 1.54) is 64.2 Å². The average molecular weight is 302 g/mol. The van der Waals surface area contributed by atoms with Crippen LogP contribution < -0.4 is 5.06 Å². The van der Waals surface area contributed by atoms with Gasteiger partial charge in [-0.15, -0.1) is 5.06 Å². The van der Waals surface area contributed by atoms with Gasteiger partial charge in [-0.25, -0.2) is 0 Å². The van der Waals surface area contributed by atoms with Crippen LogP contribution in [0, 0.1) is 0 Å². The zero-order valence-electron chi connectivity index (χ0n) is 11.0. The van der Waals surface area contributed by atoms with Gasteiger partial charge in [0.2, 0.25) is 0 Å². The van der Waals surface area contributed by atoms with Crippen LogP contribution in [0.25, 0.3) is 0 Å². The van der Waals surface area contributed by atoms with Crippen LogP contribution in [0.2, 0.25) is 0 Å². The van der Waals surface area contributed by atoms with Gasteiger partial charge in [0.25, 0.3) is 0 Å². The standard InChI is InChI=1S/C12H23NO.Cr.3H2O/c14-13(11-7-3-1-4-8-11)12-9-5-2-6-10-12;;;;/h11-13H,1-10H2;;3*1H2/q+1;+2;;;/p-1. The molecule has 2 fully saturated rings. The Balaban J connectivity index is -0.000000562. The molecule has 5 nitrogen and oxygen atoms in total. The summed E-state index contributed by atoms with van der Waals surface area (Å²) in [6.07, 6.45) is 12.6. The fourth-order valence-corrected chi connectivity index (χ4v) is 3.11. The topological polar surface area (TPSA) is 117 Å². The van der Waals surface area contributed by atoms with Crippen LogP contribution in [0.3, 0.4) is 0 Å². The van der Waals surface area contributed by atoms with Crippen molar-refractivity contribution in [2.24, 2.45) is 0 Å².